The normalized spacial score (nSPS) is 24.9. The zero-order chi connectivity index (χ0) is 33.8. The maximum atomic E-state index is 13.8. The molecule has 2 fully saturated rings. The monoisotopic (exact) mass is 680 g/mol. The molecule has 1 aliphatic carbocycles. The molecule has 1 N–H and O–H groups in total. The van der Waals surface area contributed by atoms with Crippen molar-refractivity contribution in [3.05, 3.63) is 89.0 Å². The predicted molar refractivity (Wildman–Crippen MR) is 183 cm³/mol. The van der Waals surface area contributed by atoms with Crippen LogP contribution in [0.3, 0.4) is 0 Å². The maximum Gasteiger partial charge on any atom is 0.243 e. The molecule has 10 nitrogen and oxygen atoms in total. The van der Waals surface area contributed by atoms with E-state index in [4.69, 9.17) is 23.7 Å². The summed E-state index contributed by atoms with van der Waals surface area (Å²) in [5.41, 5.74) is 4.86. The zero-order valence-electron chi connectivity index (χ0n) is 28.3. The van der Waals surface area contributed by atoms with Crippen LogP contribution >= 0.6 is 0 Å². The average Bonchev–Trinajstić information content (AvgIpc) is 3.88. The Balaban J connectivity index is 1.25. The number of aliphatic hydroxyl groups is 1. The molecule has 3 aliphatic rings. The van der Waals surface area contributed by atoms with Gasteiger partial charge in [-0.05, 0) is 60.7 Å². The summed E-state index contributed by atoms with van der Waals surface area (Å²) in [7, 11) is 1.29. The van der Waals surface area contributed by atoms with E-state index >= 15 is 0 Å². The van der Waals surface area contributed by atoms with Gasteiger partial charge in [0.05, 0.1) is 48.2 Å². The Morgan fingerprint density at radius 1 is 0.979 bits per heavy atom. The highest BCUT2D eigenvalue weighted by atomic mass is 32.2. The second-order valence-corrected chi connectivity index (χ2v) is 15.0. The molecule has 0 aromatic heterocycles. The minimum absolute atomic E-state index is 0.0343. The first-order chi connectivity index (χ1) is 23.2. The molecular formula is C37H48N2O8S. The van der Waals surface area contributed by atoms with Crippen molar-refractivity contribution in [3.8, 4) is 5.75 Å². The summed E-state index contributed by atoms with van der Waals surface area (Å²) >= 11 is 0. The van der Waals surface area contributed by atoms with Gasteiger partial charge in [-0.3, -0.25) is 0 Å². The number of piperidine rings is 1. The summed E-state index contributed by atoms with van der Waals surface area (Å²) in [5, 5.41) is 11.6. The summed E-state index contributed by atoms with van der Waals surface area (Å²) in [6.07, 6.45) is 0.387. The third kappa shape index (κ3) is 7.57. The fourth-order valence-corrected chi connectivity index (χ4v) is 8.57. The Morgan fingerprint density at radius 3 is 2.44 bits per heavy atom. The summed E-state index contributed by atoms with van der Waals surface area (Å²) < 4.78 is 58.1. The van der Waals surface area contributed by atoms with Crippen LogP contribution in [0.15, 0.2) is 71.6 Å². The van der Waals surface area contributed by atoms with Crippen molar-refractivity contribution < 1.29 is 37.2 Å². The van der Waals surface area contributed by atoms with Gasteiger partial charge in [0.2, 0.25) is 10.0 Å². The number of fused-ring (bicyclic) bond motifs is 1. The highest BCUT2D eigenvalue weighted by Gasteiger charge is 2.45. The summed E-state index contributed by atoms with van der Waals surface area (Å²) in [6.45, 7) is 5.19. The van der Waals surface area contributed by atoms with Crippen LogP contribution in [0.4, 0.5) is 5.69 Å². The number of β-amino-alcohol motifs (C(OH)–C–C–N with tert-alkyl or cyclic N) is 1. The molecule has 3 aromatic rings. The SMILES string of the molecule is COCCCN1CCOc2ccc(CO[C@H]3CN(S(=O)(=O)c4ccc(C)cc4)C[C@@H](O)[C@@H]3c3ccc(C(OC)[C@H]4C[C@@H]4OC)cc3)cc21. The molecule has 0 spiro atoms. The van der Waals surface area contributed by atoms with Gasteiger partial charge in [0, 0.05) is 59.4 Å². The molecule has 0 amide bonds. The van der Waals surface area contributed by atoms with Crippen LogP contribution in [0.25, 0.3) is 0 Å². The summed E-state index contributed by atoms with van der Waals surface area (Å²) in [4.78, 5) is 2.50. The Kier molecular flexibility index (Phi) is 11.1. The topological polar surface area (TPSA) is 107 Å². The Labute approximate surface area is 284 Å². The smallest absolute Gasteiger partial charge is 0.243 e. The van der Waals surface area contributed by atoms with E-state index in [1.54, 1.807) is 45.6 Å². The van der Waals surface area contributed by atoms with Crippen molar-refractivity contribution in [1.29, 1.82) is 0 Å². The zero-order valence-corrected chi connectivity index (χ0v) is 29.1. The van der Waals surface area contributed by atoms with Crippen molar-refractivity contribution in [3.63, 3.8) is 0 Å². The van der Waals surface area contributed by atoms with Crippen LogP contribution in [0.1, 0.15) is 47.1 Å². The molecule has 2 aliphatic heterocycles. The Hall–Kier alpha value is -3.03. The van der Waals surface area contributed by atoms with E-state index in [2.05, 4.69) is 11.0 Å². The van der Waals surface area contributed by atoms with Gasteiger partial charge in [-0.15, -0.1) is 0 Å². The van der Waals surface area contributed by atoms with E-state index in [0.29, 0.717) is 19.1 Å². The highest BCUT2D eigenvalue weighted by Crippen LogP contribution is 2.45. The van der Waals surface area contributed by atoms with Gasteiger partial charge in [-0.2, -0.15) is 4.31 Å². The quantitative estimate of drug-likeness (QED) is 0.243. The van der Waals surface area contributed by atoms with Crippen molar-refractivity contribution in [2.45, 2.75) is 61.6 Å². The van der Waals surface area contributed by atoms with Gasteiger partial charge >= 0.3 is 0 Å². The molecule has 6 rings (SSSR count). The molecule has 11 heteroatoms. The molecule has 0 bridgehead atoms. The number of sulfonamides is 1. The van der Waals surface area contributed by atoms with Crippen LogP contribution < -0.4 is 9.64 Å². The van der Waals surface area contributed by atoms with Crippen LogP contribution in [0.2, 0.25) is 0 Å². The summed E-state index contributed by atoms with van der Waals surface area (Å²) in [6, 6.07) is 20.9. The molecular weight excluding hydrogens is 632 g/mol. The lowest BCUT2D eigenvalue weighted by Crippen LogP contribution is -2.53. The second kappa shape index (κ2) is 15.2. The van der Waals surface area contributed by atoms with E-state index in [-0.39, 0.29) is 36.8 Å². The number of nitrogens with zero attached hydrogens (tertiary/aromatic N) is 2. The molecule has 260 valence electrons. The number of hydrogen-bond donors (Lipinski definition) is 1. The largest absolute Gasteiger partial charge is 0.490 e. The van der Waals surface area contributed by atoms with Crippen LogP contribution in [0.5, 0.6) is 5.75 Å². The number of aliphatic hydroxyl groups excluding tert-OH is 1. The van der Waals surface area contributed by atoms with E-state index in [1.807, 2.05) is 43.3 Å². The first kappa shape index (κ1) is 34.8. The van der Waals surface area contributed by atoms with Crippen molar-refractivity contribution >= 4 is 15.7 Å². The summed E-state index contributed by atoms with van der Waals surface area (Å²) in [5.74, 6) is 0.700. The number of anilines is 1. The standard InChI is InChI=1S/C37H48N2O8S/c1-25-6-13-29(14-7-25)48(41,42)39-22-32(40)36(27-9-11-28(12-10-27)37(45-4)30-21-34(30)44-3)35(23-39)47-24-26-8-15-33-31(20-26)38(17-19-46-33)16-5-18-43-2/h6-15,20,30,32,34-37,40H,5,16-19,21-24H2,1-4H3/t30-,32+,34-,35-,36-,37?/m0/s1. The minimum atomic E-state index is -3.86. The van der Waals surface area contributed by atoms with E-state index in [1.165, 1.54) is 4.31 Å². The molecule has 48 heavy (non-hydrogen) atoms. The van der Waals surface area contributed by atoms with Gasteiger partial charge in [0.1, 0.15) is 12.4 Å². The van der Waals surface area contributed by atoms with Gasteiger partial charge in [-0.25, -0.2) is 8.42 Å². The lowest BCUT2D eigenvalue weighted by atomic mass is 9.84. The number of rotatable bonds is 14. The number of hydrogen-bond acceptors (Lipinski definition) is 9. The van der Waals surface area contributed by atoms with Crippen LogP contribution in [-0.2, 0) is 35.6 Å². The molecule has 6 atom stereocenters. The van der Waals surface area contributed by atoms with Gasteiger partial charge in [0.25, 0.3) is 0 Å². The molecule has 0 radical (unpaired) electrons. The third-order valence-corrected chi connectivity index (χ3v) is 11.7. The molecule has 1 unspecified atom stereocenters. The van der Waals surface area contributed by atoms with Gasteiger partial charge in [-0.1, -0.05) is 48.0 Å². The highest BCUT2D eigenvalue weighted by molar-refractivity contribution is 7.89. The fourth-order valence-electron chi connectivity index (χ4n) is 7.10. The van der Waals surface area contributed by atoms with Gasteiger partial charge < -0.3 is 33.7 Å². The molecule has 2 heterocycles. The second-order valence-electron chi connectivity index (χ2n) is 13.1. The van der Waals surface area contributed by atoms with Crippen molar-refractivity contribution in [1.82, 2.24) is 4.31 Å². The Bertz CT molecular complexity index is 1620. The van der Waals surface area contributed by atoms with E-state index in [0.717, 1.165) is 59.6 Å². The Morgan fingerprint density at radius 2 is 1.75 bits per heavy atom. The third-order valence-electron chi connectivity index (χ3n) is 9.85. The maximum absolute atomic E-state index is 13.8. The first-order valence-electron chi connectivity index (χ1n) is 16.7. The van der Waals surface area contributed by atoms with Gasteiger partial charge in [0.15, 0.2) is 0 Å². The average molecular weight is 681 g/mol. The van der Waals surface area contributed by atoms with Crippen LogP contribution in [-0.4, -0.2) is 96.9 Å². The lowest BCUT2D eigenvalue weighted by molar-refractivity contribution is -0.0534. The number of aryl methyl sites for hydroxylation is 1. The molecule has 1 saturated heterocycles. The first-order valence-corrected chi connectivity index (χ1v) is 18.2. The number of methoxy groups -OCH3 is 3. The molecule has 1 saturated carbocycles. The molecule has 3 aromatic carbocycles. The predicted octanol–water partition coefficient (Wildman–Crippen LogP) is 4.69. The van der Waals surface area contributed by atoms with E-state index in [9.17, 15) is 13.5 Å². The minimum Gasteiger partial charge on any atom is -0.490 e. The van der Waals surface area contributed by atoms with Crippen molar-refractivity contribution in [2.24, 2.45) is 5.92 Å². The van der Waals surface area contributed by atoms with E-state index < -0.39 is 28.1 Å². The fraction of sp³-hybridized carbons (Fsp3) is 0.514. The van der Waals surface area contributed by atoms with Crippen molar-refractivity contribution in [2.75, 3.05) is 65.6 Å². The number of ether oxygens (including phenoxy) is 5. The van der Waals surface area contributed by atoms with Crippen LogP contribution in [0, 0.1) is 12.8 Å². The lowest BCUT2D eigenvalue weighted by Gasteiger charge is -2.41. The number of benzene rings is 3.